The van der Waals surface area contributed by atoms with Gasteiger partial charge in [0.15, 0.2) is 0 Å². The zero-order chi connectivity index (χ0) is 19.6. The summed E-state index contributed by atoms with van der Waals surface area (Å²) in [5.41, 5.74) is 8.71. The van der Waals surface area contributed by atoms with E-state index in [0.29, 0.717) is 5.92 Å². The molecule has 0 amide bonds. The molecule has 0 heterocycles. The van der Waals surface area contributed by atoms with E-state index in [9.17, 15) is 0 Å². The highest BCUT2D eigenvalue weighted by Crippen LogP contribution is 2.32. The monoisotopic (exact) mass is 373 g/mol. The van der Waals surface area contributed by atoms with E-state index in [1.807, 2.05) is 0 Å². The fourth-order valence-corrected chi connectivity index (χ4v) is 4.21. The number of hydrogen-bond donors (Lipinski definition) is 1. The number of nitrogens with two attached hydrogens (primary N) is 1. The summed E-state index contributed by atoms with van der Waals surface area (Å²) < 4.78 is 0. The SMILES string of the molecule is CCCCCCCCCCCC(CCCCCCCC)c1ccccc1N. The predicted octanol–water partition coefficient (Wildman–Crippen LogP) is 9.02. The normalized spacial score (nSPS) is 12.4. The summed E-state index contributed by atoms with van der Waals surface area (Å²) in [7, 11) is 0. The van der Waals surface area contributed by atoms with Gasteiger partial charge in [0.25, 0.3) is 0 Å². The van der Waals surface area contributed by atoms with Crippen LogP contribution in [0, 0.1) is 0 Å². The van der Waals surface area contributed by atoms with Crippen molar-refractivity contribution in [1.82, 2.24) is 0 Å². The van der Waals surface area contributed by atoms with Crippen LogP contribution in [0.4, 0.5) is 5.69 Å². The molecule has 0 aliphatic rings. The smallest absolute Gasteiger partial charge is 0.0349 e. The van der Waals surface area contributed by atoms with Gasteiger partial charge in [-0.05, 0) is 30.4 Å². The third-order valence-corrected chi connectivity index (χ3v) is 6.00. The third-order valence-electron chi connectivity index (χ3n) is 6.00. The van der Waals surface area contributed by atoms with Gasteiger partial charge < -0.3 is 5.73 Å². The largest absolute Gasteiger partial charge is 0.398 e. The Morgan fingerprint density at radius 1 is 0.593 bits per heavy atom. The molecule has 1 aromatic carbocycles. The van der Waals surface area contributed by atoms with Crippen molar-refractivity contribution in [3.63, 3.8) is 0 Å². The van der Waals surface area contributed by atoms with Crippen molar-refractivity contribution in [3.05, 3.63) is 29.8 Å². The van der Waals surface area contributed by atoms with Gasteiger partial charge in [-0.15, -0.1) is 0 Å². The number of hydrogen-bond acceptors (Lipinski definition) is 1. The first kappa shape index (κ1) is 24.1. The van der Waals surface area contributed by atoms with Crippen LogP contribution in [0.1, 0.15) is 134 Å². The molecule has 1 unspecified atom stereocenters. The molecule has 0 aliphatic heterocycles. The molecule has 0 spiro atoms. The lowest BCUT2D eigenvalue weighted by Gasteiger charge is -2.19. The molecule has 0 aliphatic carbocycles. The Morgan fingerprint density at radius 2 is 1.00 bits per heavy atom. The van der Waals surface area contributed by atoms with Crippen molar-refractivity contribution in [2.24, 2.45) is 0 Å². The summed E-state index contributed by atoms with van der Waals surface area (Å²) in [6, 6.07) is 8.58. The lowest BCUT2D eigenvalue weighted by atomic mass is 9.87. The van der Waals surface area contributed by atoms with Gasteiger partial charge in [0.2, 0.25) is 0 Å². The predicted molar refractivity (Wildman–Crippen MR) is 123 cm³/mol. The molecule has 0 bridgehead atoms. The number of nitrogen functional groups attached to an aromatic ring is 1. The Hall–Kier alpha value is -0.980. The van der Waals surface area contributed by atoms with Crippen molar-refractivity contribution in [1.29, 1.82) is 0 Å². The lowest BCUT2D eigenvalue weighted by Crippen LogP contribution is -2.03. The summed E-state index contributed by atoms with van der Waals surface area (Å²) in [5.74, 6) is 0.668. The molecular formula is C26H47N. The van der Waals surface area contributed by atoms with E-state index in [0.717, 1.165) is 5.69 Å². The van der Waals surface area contributed by atoms with Crippen LogP contribution in [-0.4, -0.2) is 0 Å². The standard InChI is InChI=1S/C26H47N/c1-3-5-7-9-11-12-13-15-17-21-24(20-16-14-10-8-6-4-2)25-22-18-19-23-26(25)27/h18-19,22-24H,3-17,20-21,27H2,1-2H3. The summed E-state index contributed by atoms with van der Waals surface area (Å²) in [5, 5.41) is 0. The minimum Gasteiger partial charge on any atom is -0.398 e. The fourth-order valence-electron chi connectivity index (χ4n) is 4.21. The maximum atomic E-state index is 6.30. The van der Waals surface area contributed by atoms with Gasteiger partial charge in [-0.1, -0.05) is 128 Å². The third kappa shape index (κ3) is 12.2. The van der Waals surface area contributed by atoms with Gasteiger partial charge in [0.05, 0.1) is 0 Å². The first-order chi connectivity index (χ1) is 13.3. The zero-order valence-electron chi connectivity index (χ0n) is 18.5. The quantitative estimate of drug-likeness (QED) is 0.201. The van der Waals surface area contributed by atoms with Crippen LogP contribution in [0.5, 0.6) is 0 Å². The maximum Gasteiger partial charge on any atom is 0.0349 e. The van der Waals surface area contributed by atoms with E-state index in [1.165, 1.54) is 115 Å². The van der Waals surface area contributed by atoms with Crippen LogP contribution in [0.25, 0.3) is 0 Å². The van der Waals surface area contributed by atoms with Crippen molar-refractivity contribution < 1.29 is 0 Å². The van der Waals surface area contributed by atoms with Crippen molar-refractivity contribution in [2.45, 2.75) is 129 Å². The number of para-hydroxylation sites is 1. The van der Waals surface area contributed by atoms with Crippen molar-refractivity contribution in [2.75, 3.05) is 5.73 Å². The second-order valence-electron chi connectivity index (χ2n) is 8.50. The van der Waals surface area contributed by atoms with E-state index in [-0.39, 0.29) is 0 Å². The highest BCUT2D eigenvalue weighted by atomic mass is 14.6. The number of unbranched alkanes of at least 4 members (excludes halogenated alkanes) is 13. The molecule has 0 saturated carbocycles. The van der Waals surface area contributed by atoms with Gasteiger partial charge in [-0.2, -0.15) is 0 Å². The molecule has 1 nitrogen and oxygen atoms in total. The molecule has 1 rings (SSSR count). The van der Waals surface area contributed by atoms with Crippen molar-refractivity contribution >= 4 is 5.69 Å². The van der Waals surface area contributed by atoms with Crippen LogP contribution in [0.15, 0.2) is 24.3 Å². The molecule has 27 heavy (non-hydrogen) atoms. The van der Waals surface area contributed by atoms with Gasteiger partial charge in [-0.25, -0.2) is 0 Å². The minimum absolute atomic E-state index is 0.668. The molecule has 1 atom stereocenters. The average molecular weight is 374 g/mol. The number of benzene rings is 1. The Bertz CT molecular complexity index is 440. The average Bonchev–Trinajstić information content (AvgIpc) is 2.68. The van der Waals surface area contributed by atoms with Crippen LogP contribution in [-0.2, 0) is 0 Å². The number of rotatable bonds is 18. The summed E-state index contributed by atoms with van der Waals surface area (Å²) >= 11 is 0. The molecule has 0 saturated heterocycles. The summed E-state index contributed by atoms with van der Waals surface area (Å²) in [4.78, 5) is 0. The molecule has 2 N–H and O–H groups in total. The Labute approximate surface area is 170 Å². The Balaban J connectivity index is 2.27. The van der Waals surface area contributed by atoms with Crippen LogP contribution in [0.3, 0.4) is 0 Å². The van der Waals surface area contributed by atoms with E-state index in [2.05, 4.69) is 38.1 Å². The van der Waals surface area contributed by atoms with Crippen LogP contribution >= 0.6 is 0 Å². The molecule has 0 fully saturated rings. The van der Waals surface area contributed by atoms with Gasteiger partial charge in [0, 0.05) is 5.69 Å². The molecule has 156 valence electrons. The van der Waals surface area contributed by atoms with E-state index in [4.69, 9.17) is 5.73 Å². The highest BCUT2D eigenvalue weighted by Gasteiger charge is 2.13. The molecular weight excluding hydrogens is 326 g/mol. The summed E-state index contributed by atoms with van der Waals surface area (Å²) in [6.07, 6.45) is 23.6. The zero-order valence-corrected chi connectivity index (χ0v) is 18.5. The van der Waals surface area contributed by atoms with Crippen LogP contribution in [0.2, 0.25) is 0 Å². The Morgan fingerprint density at radius 3 is 1.44 bits per heavy atom. The summed E-state index contributed by atoms with van der Waals surface area (Å²) in [6.45, 7) is 4.58. The molecule has 1 heteroatoms. The second-order valence-corrected chi connectivity index (χ2v) is 8.50. The van der Waals surface area contributed by atoms with Gasteiger partial charge in [0.1, 0.15) is 0 Å². The molecule has 1 aromatic rings. The van der Waals surface area contributed by atoms with E-state index in [1.54, 1.807) is 0 Å². The first-order valence-corrected chi connectivity index (χ1v) is 12.1. The lowest BCUT2D eigenvalue weighted by molar-refractivity contribution is 0.485. The minimum atomic E-state index is 0.668. The van der Waals surface area contributed by atoms with Crippen LogP contribution < -0.4 is 5.73 Å². The molecule has 0 radical (unpaired) electrons. The van der Waals surface area contributed by atoms with E-state index >= 15 is 0 Å². The topological polar surface area (TPSA) is 26.0 Å². The fraction of sp³-hybridized carbons (Fsp3) is 0.769. The van der Waals surface area contributed by atoms with Gasteiger partial charge in [-0.3, -0.25) is 0 Å². The second kappa shape index (κ2) is 17.1. The number of anilines is 1. The first-order valence-electron chi connectivity index (χ1n) is 12.1. The highest BCUT2D eigenvalue weighted by molar-refractivity contribution is 5.48. The van der Waals surface area contributed by atoms with Gasteiger partial charge >= 0.3 is 0 Å². The van der Waals surface area contributed by atoms with Crippen molar-refractivity contribution in [3.8, 4) is 0 Å². The maximum absolute atomic E-state index is 6.30. The van der Waals surface area contributed by atoms with E-state index < -0.39 is 0 Å². The Kier molecular flexibility index (Phi) is 15.3. The molecule has 0 aromatic heterocycles.